The zero-order valence-corrected chi connectivity index (χ0v) is 17.0. The Hall–Kier alpha value is -2.16. The summed E-state index contributed by atoms with van der Waals surface area (Å²) in [7, 11) is -2.17. The highest BCUT2D eigenvalue weighted by Crippen LogP contribution is 2.21. The minimum Gasteiger partial charge on any atom is -0.467 e. The third kappa shape index (κ3) is 5.01. The Morgan fingerprint density at radius 1 is 1.29 bits per heavy atom. The number of rotatable bonds is 7. The van der Waals surface area contributed by atoms with Crippen LogP contribution in [0.5, 0.6) is 0 Å². The van der Waals surface area contributed by atoms with Crippen LogP contribution in [0.15, 0.2) is 45.9 Å². The number of hydrogen-bond donors (Lipinski definition) is 1. The number of nitrogens with one attached hydrogen (secondary N) is 1. The summed E-state index contributed by atoms with van der Waals surface area (Å²) in [4.78, 5) is 14.3. The fraction of sp³-hybridized carbons (Fsp3) is 0.450. The van der Waals surface area contributed by atoms with Crippen LogP contribution in [-0.4, -0.2) is 46.0 Å². The molecule has 0 saturated carbocycles. The van der Waals surface area contributed by atoms with Gasteiger partial charge in [-0.15, -0.1) is 0 Å². The van der Waals surface area contributed by atoms with Crippen molar-refractivity contribution in [2.45, 2.75) is 31.2 Å². The second-order valence-electron chi connectivity index (χ2n) is 7.16. The monoisotopic (exact) mass is 406 g/mol. The van der Waals surface area contributed by atoms with E-state index in [4.69, 9.17) is 9.15 Å². The summed E-state index contributed by atoms with van der Waals surface area (Å²) in [6, 6.07) is 8.43. The predicted molar refractivity (Wildman–Crippen MR) is 104 cm³/mol. The zero-order chi connectivity index (χ0) is 20.1. The van der Waals surface area contributed by atoms with E-state index in [1.165, 1.54) is 13.4 Å². The third-order valence-electron chi connectivity index (χ3n) is 5.01. The van der Waals surface area contributed by atoms with Gasteiger partial charge in [0.05, 0.1) is 24.8 Å². The van der Waals surface area contributed by atoms with Crippen LogP contribution in [0.3, 0.4) is 0 Å². The second kappa shape index (κ2) is 8.89. The number of sulfonamides is 1. The van der Waals surface area contributed by atoms with E-state index in [0.717, 1.165) is 31.5 Å². The fourth-order valence-corrected chi connectivity index (χ4v) is 4.56. The van der Waals surface area contributed by atoms with Crippen molar-refractivity contribution in [2.75, 3.05) is 26.7 Å². The van der Waals surface area contributed by atoms with Gasteiger partial charge in [-0.05, 0) is 50.4 Å². The maximum absolute atomic E-state index is 12.5. The molecule has 3 rings (SSSR count). The standard InChI is InChI=1S/C20H26N2O5S/c1-15-5-7-17(8-6-15)28(24,25)21-12-16-4-3-10-22(13-16)14-19-18(9-11-27-19)20(23)26-2/h5-9,11,16,21H,3-4,10,12-14H2,1-2H3. The van der Waals surface area contributed by atoms with Gasteiger partial charge in [0, 0.05) is 13.1 Å². The quantitative estimate of drug-likeness (QED) is 0.711. The molecule has 2 heterocycles. The number of nitrogens with zero attached hydrogens (tertiary/aromatic N) is 1. The number of methoxy groups -OCH3 is 1. The molecule has 1 atom stereocenters. The average Bonchev–Trinajstić information content (AvgIpc) is 3.14. The van der Waals surface area contributed by atoms with E-state index in [1.54, 1.807) is 30.3 Å². The van der Waals surface area contributed by atoms with Crippen molar-refractivity contribution in [3.8, 4) is 0 Å². The van der Waals surface area contributed by atoms with Crippen molar-refractivity contribution in [2.24, 2.45) is 5.92 Å². The molecule has 7 nitrogen and oxygen atoms in total. The minimum absolute atomic E-state index is 0.200. The number of piperidine rings is 1. The Bertz CT molecular complexity index is 905. The second-order valence-corrected chi connectivity index (χ2v) is 8.92. The van der Waals surface area contributed by atoms with Crippen LogP contribution in [0.4, 0.5) is 0 Å². The van der Waals surface area contributed by atoms with Crippen LogP contribution in [0.1, 0.15) is 34.5 Å². The zero-order valence-electron chi connectivity index (χ0n) is 16.2. The predicted octanol–water partition coefficient (Wildman–Crippen LogP) is 2.57. The van der Waals surface area contributed by atoms with Gasteiger partial charge in [-0.25, -0.2) is 17.9 Å². The van der Waals surface area contributed by atoms with Crippen molar-refractivity contribution in [1.82, 2.24) is 9.62 Å². The van der Waals surface area contributed by atoms with Crippen LogP contribution in [-0.2, 0) is 21.3 Å². The van der Waals surface area contributed by atoms with Crippen molar-refractivity contribution in [3.05, 3.63) is 53.5 Å². The summed E-state index contributed by atoms with van der Waals surface area (Å²) < 4.78 is 37.9. The molecule has 1 fully saturated rings. The molecule has 1 aliphatic rings. The van der Waals surface area contributed by atoms with Gasteiger partial charge in [-0.3, -0.25) is 4.90 Å². The van der Waals surface area contributed by atoms with Gasteiger partial charge in [-0.1, -0.05) is 17.7 Å². The van der Waals surface area contributed by atoms with Gasteiger partial charge >= 0.3 is 5.97 Å². The molecule has 152 valence electrons. The maximum Gasteiger partial charge on any atom is 0.341 e. The van der Waals surface area contributed by atoms with Gasteiger partial charge in [0.25, 0.3) is 0 Å². The van der Waals surface area contributed by atoms with Crippen molar-refractivity contribution in [3.63, 3.8) is 0 Å². The average molecular weight is 407 g/mol. The lowest BCUT2D eigenvalue weighted by molar-refractivity contribution is 0.0595. The molecule has 1 N–H and O–H groups in total. The third-order valence-corrected chi connectivity index (χ3v) is 6.45. The lowest BCUT2D eigenvalue weighted by Gasteiger charge is -2.32. The van der Waals surface area contributed by atoms with E-state index in [0.29, 0.717) is 24.4 Å². The van der Waals surface area contributed by atoms with Crippen LogP contribution < -0.4 is 4.72 Å². The van der Waals surface area contributed by atoms with E-state index in [9.17, 15) is 13.2 Å². The van der Waals surface area contributed by atoms with Gasteiger partial charge in [0.15, 0.2) is 0 Å². The summed E-state index contributed by atoms with van der Waals surface area (Å²) >= 11 is 0. The molecule has 1 aliphatic heterocycles. The Labute approximate surface area is 165 Å². The molecule has 28 heavy (non-hydrogen) atoms. The molecule has 1 saturated heterocycles. The molecular formula is C20H26N2O5S. The molecule has 0 bridgehead atoms. The van der Waals surface area contributed by atoms with Crippen molar-refractivity contribution >= 4 is 16.0 Å². The highest BCUT2D eigenvalue weighted by molar-refractivity contribution is 7.89. The fourth-order valence-electron chi connectivity index (χ4n) is 3.45. The minimum atomic E-state index is -3.51. The summed E-state index contributed by atoms with van der Waals surface area (Å²) in [5.74, 6) is 0.362. The largest absolute Gasteiger partial charge is 0.467 e. The van der Waals surface area contributed by atoms with Crippen LogP contribution >= 0.6 is 0 Å². The highest BCUT2D eigenvalue weighted by atomic mass is 32.2. The number of benzene rings is 1. The maximum atomic E-state index is 12.5. The smallest absolute Gasteiger partial charge is 0.341 e. The Kier molecular flexibility index (Phi) is 6.53. The summed E-state index contributed by atoms with van der Waals surface area (Å²) in [6.45, 7) is 4.42. The summed E-state index contributed by atoms with van der Waals surface area (Å²) in [6.07, 6.45) is 3.40. The first-order valence-electron chi connectivity index (χ1n) is 9.32. The van der Waals surface area contributed by atoms with Gasteiger partial charge in [-0.2, -0.15) is 0 Å². The first-order chi connectivity index (χ1) is 13.4. The van der Waals surface area contributed by atoms with Crippen LogP contribution in [0, 0.1) is 12.8 Å². The van der Waals surface area contributed by atoms with Crippen molar-refractivity contribution in [1.29, 1.82) is 0 Å². The number of furan rings is 1. The number of ether oxygens (including phenoxy) is 1. The van der Waals surface area contributed by atoms with E-state index < -0.39 is 16.0 Å². The lowest BCUT2D eigenvalue weighted by Crippen LogP contribution is -2.40. The number of esters is 1. The highest BCUT2D eigenvalue weighted by Gasteiger charge is 2.25. The molecule has 0 amide bonds. The van der Waals surface area contributed by atoms with E-state index in [1.807, 2.05) is 6.92 Å². The van der Waals surface area contributed by atoms with E-state index >= 15 is 0 Å². The Morgan fingerprint density at radius 2 is 2.04 bits per heavy atom. The van der Waals surface area contributed by atoms with E-state index in [2.05, 4.69) is 9.62 Å². The molecule has 0 radical (unpaired) electrons. The summed E-state index contributed by atoms with van der Waals surface area (Å²) in [5, 5.41) is 0. The molecule has 0 aliphatic carbocycles. The number of aryl methyl sites for hydroxylation is 1. The molecule has 0 spiro atoms. The Morgan fingerprint density at radius 3 is 2.75 bits per heavy atom. The first kappa shape index (κ1) is 20.6. The molecule has 1 aromatic heterocycles. The molecule has 1 unspecified atom stereocenters. The van der Waals surface area contributed by atoms with Gasteiger partial charge in [0.2, 0.25) is 10.0 Å². The van der Waals surface area contributed by atoms with Crippen molar-refractivity contribution < 1.29 is 22.4 Å². The molecular weight excluding hydrogens is 380 g/mol. The SMILES string of the molecule is COC(=O)c1ccoc1CN1CCCC(CNS(=O)(=O)c2ccc(C)cc2)C1. The van der Waals surface area contributed by atoms with E-state index in [-0.39, 0.29) is 10.8 Å². The number of carbonyl (C=O) groups excluding carboxylic acids is 1. The molecule has 2 aromatic rings. The number of hydrogen-bond acceptors (Lipinski definition) is 6. The van der Waals surface area contributed by atoms with Crippen LogP contribution in [0.2, 0.25) is 0 Å². The first-order valence-corrected chi connectivity index (χ1v) is 10.8. The molecule has 8 heteroatoms. The van der Waals surface area contributed by atoms with Gasteiger partial charge in [0.1, 0.15) is 11.3 Å². The lowest BCUT2D eigenvalue weighted by atomic mass is 9.98. The van der Waals surface area contributed by atoms with Crippen LogP contribution in [0.25, 0.3) is 0 Å². The summed E-state index contributed by atoms with van der Waals surface area (Å²) in [5.41, 5.74) is 1.45. The Balaban J connectivity index is 1.57. The molecule has 1 aromatic carbocycles. The normalized spacial score (nSPS) is 18.1. The number of carbonyl (C=O) groups is 1. The number of likely N-dealkylation sites (tertiary alicyclic amines) is 1. The topological polar surface area (TPSA) is 88.8 Å². The van der Waals surface area contributed by atoms with Gasteiger partial charge < -0.3 is 9.15 Å².